The Balaban J connectivity index is 2.33. The standard InChI is InChI=1S/C22H28OSi/c1-6-24(7-2,20-13-9-11-18-10-8-12-19(18)20)21-15-16(3)14-17(4)22(21)23-5/h8-9,11-15H,6-7,10H2,1-5H3. The van der Waals surface area contributed by atoms with Crippen LogP contribution in [-0.2, 0) is 6.42 Å². The van der Waals surface area contributed by atoms with Crippen molar-refractivity contribution in [2.45, 2.75) is 46.2 Å². The Bertz CT molecular complexity index is 785. The lowest BCUT2D eigenvalue weighted by Crippen LogP contribution is -2.58. The molecule has 2 aromatic carbocycles. The van der Waals surface area contributed by atoms with Crippen molar-refractivity contribution in [3.63, 3.8) is 0 Å². The van der Waals surface area contributed by atoms with E-state index >= 15 is 0 Å². The van der Waals surface area contributed by atoms with E-state index in [1.807, 2.05) is 7.11 Å². The molecule has 2 aromatic rings. The summed E-state index contributed by atoms with van der Waals surface area (Å²) < 4.78 is 5.90. The third-order valence-electron chi connectivity index (χ3n) is 5.68. The molecule has 0 aromatic heterocycles. The lowest BCUT2D eigenvalue weighted by atomic mass is 10.1. The number of hydrogen-bond donors (Lipinski definition) is 0. The molecular formula is C22H28OSi. The van der Waals surface area contributed by atoms with E-state index in [-0.39, 0.29) is 0 Å². The van der Waals surface area contributed by atoms with Gasteiger partial charge in [0, 0.05) is 0 Å². The maximum Gasteiger partial charge on any atom is 0.123 e. The molecule has 1 nitrogen and oxygen atoms in total. The molecular weight excluding hydrogens is 308 g/mol. The third kappa shape index (κ3) is 2.53. The van der Waals surface area contributed by atoms with Gasteiger partial charge in [0.2, 0.25) is 0 Å². The van der Waals surface area contributed by atoms with Crippen molar-refractivity contribution in [1.82, 2.24) is 0 Å². The average molecular weight is 337 g/mol. The Morgan fingerprint density at radius 1 is 1.04 bits per heavy atom. The zero-order valence-corrected chi connectivity index (χ0v) is 16.6. The predicted molar refractivity (Wildman–Crippen MR) is 108 cm³/mol. The first-order valence-electron chi connectivity index (χ1n) is 9.02. The van der Waals surface area contributed by atoms with Gasteiger partial charge >= 0.3 is 0 Å². The van der Waals surface area contributed by atoms with Crippen molar-refractivity contribution in [1.29, 1.82) is 0 Å². The van der Waals surface area contributed by atoms with Crippen LogP contribution in [0, 0.1) is 13.8 Å². The van der Waals surface area contributed by atoms with E-state index in [1.54, 1.807) is 5.19 Å². The Morgan fingerprint density at radius 2 is 1.79 bits per heavy atom. The largest absolute Gasteiger partial charge is 0.497 e. The molecule has 1 aliphatic carbocycles. The van der Waals surface area contributed by atoms with Crippen LogP contribution in [0.3, 0.4) is 0 Å². The van der Waals surface area contributed by atoms with Gasteiger partial charge in [-0.15, -0.1) is 0 Å². The van der Waals surface area contributed by atoms with Gasteiger partial charge < -0.3 is 4.74 Å². The molecule has 0 atom stereocenters. The molecule has 126 valence electrons. The van der Waals surface area contributed by atoms with Gasteiger partial charge in [-0.25, -0.2) is 0 Å². The fourth-order valence-electron chi connectivity index (χ4n) is 4.45. The molecule has 0 bridgehead atoms. The SMILES string of the molecule is CC[Si](CC)(c1cccc2c1C=CC2)c1cc(C)cc(C)c1OC. The second kappa shape index (κ2) is 6.60. The maximum absolute atomic E-state index is 5.90. The summed E-state index contributed by atoms with van der Waals surface area (Å²) in [4.78, 5) is 0. The number of hydrogen-bond acceptors (Lipinski definition) is 1. The van der Waals surface area contributed by atoms with Crippen LogP contribution in [-0.4, -0.2) is 15.2 Å². The van der Waals surface area contributed by atoms with Crippen molar-refractivity contribution in [3.05, 3.63) is 58.7 Å². The molecule has 0 saturated carbocycles. The zero-order valence-electron chi connectivity index (χ0n) is 15.6. The highest BCUT2D eigenvalue weighted by atomic mass is 28.3. The van der Waals surface area contributed by atoms with Crippen molar-refractivity contribution in [2.24, 2.45) is 0 Å². The minimum absolute atomic E-state index is 1.07. The third-order valence-corrected chi connectivity index (χ3v) is 11.0. The second-order valence-corrected chi connectivity index (χ2v) is 11.6. The Hall–Kier alpha value is -1.80. The first-order valence-corrected chi connectivity index (χ1v) is 11.4. The summed E-state index contributed by atoms with van der Waals surface area (Å²) in [7, 11) is -0.0367. The molecule has 0 N–H and O–H groups in total. The number of benzene rings is 2. The fraction of sp³-hybridized carbons (Fsp3) is 0.364. The highest BCUT2D eigenvalue weighted by molar-refractivity contribution is 7.03. The molecule has 0 fully saturated rings. The number of allylic oxidation sites excluding steroid dienone is 1. The molecule has 3 rings (SSSR count). The van der Waals surface area contributed by atoms with E-state index in [0.29, 0.717) is 0 Å². The summed E-state index contributed by atoms with van der Waals surface area (Å²) in [6.45, 7) is 9.11. The van der Waals surface area contributed by atoms with Crippen LogP contribution in [0.1, 0.15) is 36.1 Å². The summed E-state index contributed by atoms with van der Waals surface area (Å²) in [6.07, 6.45) is 5.72. The summed E-state index contributed by atoms with van der Waals surface area (Å²) in [5.74, 6) is 1.11. The van der Waals surface area contributed by atoms with Crippen LogP contribution in [0.5, 0.6) is 5.75 Å². The van der Waals surface area contributed by atoms with Gasteiger partial charge in [0.1, 0.15) is 13.8 Å². The van der Waals surface area contributed by atoms with Crippen molar-refractivity contribution < 1.29 is 4.74 Å². The van der Waals surface area contributed by atoms with Gasteiger partial charge in [0.05, 0.1) is 7.11 Å². The fourth-order valence-corrected chi connectivity index (χ4v) is 9.17. The van der Waals surface area contributed by atoms with E-state index < -0.39 is 8.07 Å². The topological polar surface area (TPSA) is 9.23 Å². The van der Waals surface area contributed by atoms with Crippen LogP contribution in [0.25, 0.3) is 6.08 Å². The Kier molecular flexibility index (Phi) is 4.68. The molecule has 0 heterocycles. The van der Waals surface area contributed by atoms with E-state index in [0.717, 1.165) is 12.2 Å². The summed E-state index contributed by atoms with van der Waals surface area (Å²) in [5.41, 5.74) is 5.56. The number of fused-ring (bicyclic) bond motifs is 1. The lowest BCUT2D eigenvalue weighted by molar-refractivity contribution is 0.414. The molecule has 2 heteroatoms. The van der Waals surface area contributed by atoms with Crippen molar-refractivity contribution >= 4 is 24.5 Å². The smallest absolute Gasteiger partial charge is 0.123 e. The van der Waals surface area contributed by atoms with Crippen molar-refractivity contribution in [2.75, 3.05) is 7.11 Å². The molecule has 0 amide bonds. The number of rotatable bonds is 5. The van der Waals surface area contributed by atoms with Gasteiger partial charge in [0.25, 0.3) is 0 Å². The summed E-state index contributed by atoms with van der Waals surface area (Å²) in [6, 6.07) is 13.9. The monoisotopic (exact) mass is 336 g/mol. The van der Waals surface area contributed by atoms with Gasteiger partial charge in [-0.05, 0) is 47.3 Å². The first kappa shape index (κ1) is 17.0. The van der Waals surface area contributed by atoms with Gasteiger partial charge in [-0.3, -0.25) is 0 Å². The number of methoxy groups -OCH3 is 1. The van der Waals surface area contributed by atoms with Crippen LogP contribution >= 0.6 is 0 Å². The highest BCUT2D eigenvalue weighted by Crippen LogP contribution is 2.29. The van der Waals surface area contributed by atoms with E-state index in [9.17, 15) is 0 Å². The molecule has 0 saturated heterocycles. The molecule has 0 spiro atoms. The quantitative estimate of drug-likeness (QED) is 0.731. The minimum Gasteiger partial charge on any atom is -0.497 e. The van der Waals surface area contributed by atoms with Crippen LogP contribution in [0.4, 0.5) is 0 Å². The van der Waals surface area contributed by atoms with E-state index in [2.05, 4.69) is 70.2 Å². The van der Waals surface area contributed by atoms with Gasteiger partial charge in [-0.1, -0.05) is 74.0 Å². The van der Waals surface area contributed by atoms with Crippen LogP contribution < -0.4 is 15.1 Å². The van der Waals surface area contributed by atoms with E-state index in [1.165, 1.54) is 39.5 Å². The minimum atomic E-state index is -1.86. The van der Waals surface area contributed by atoms with E-state index in [4.69, 9.17) is 4.74 Å². The van der Waals surface area contributed by atoms with Crippen molar-refractivity contribution in [3.8, 4) is 5.75 Å². The Morgan fingerprint density at radius 3 is 2.46 bits per heavy atom. The molecule has 1 aliphatic rings. The molecule has 24 heavy (non-hydrogen) atoms. The second-order valence-electron chi connectivity index (χ2n) is 6.94. The van der Waals surface area contributed by atoms with Crippen LogP contribution in [0.2, 0.25) is 12.1 Å². The maximum atomic E-state index is 5.90. The summed E-state index contributed by atoms with van der Waals surface area (Å²) >= 11 is 0. The van der Waals surface area contributed by atoms with Crippen LogP contribution in [0.15, 0.2) is 36.4 Å². The zero-order chi connectivity index (χ0) is 17.3. The lowest BCUT2D eigenvalue weighted by Gasteiger charge is -2.34. The normalized spacial score (nSPS) is 13.2. The number of aryl methyl sites for hydroxylation is 2. The molecule has 0 radical (unpaired) electrons. The van der Waals surface area contributed by atoms with Gasteiger partial charge in [-0.2, -0.15) is 0 Å². The van der Waals surface area contributed by atoms with Gasteiger partial charge in [0.15, 0.2) is 0 Å². The Labute approximate surface area is 147 Å². The molecule has 0 aliphatic heterocycles. The number of ether oxygens (including phenoxy) is 1. The first-order chi connectivity index (χ1) is 11.6. The summed E-state index contributed by atoms with van der Waals surface area (Å²) in [5, 5.41) is 3.06. The predicted octanol–water partition coefficient (Wildman–Crippen LogP) is 4.48. The molecule has 0 unspecified atom stereocenters. The highest BCUT2D eigenvalue weighted by Gasteiger charge is 2.38. The average Bonchev–Trinajstić information content (AvgIpc) is 3.05.